The third-order valence-corrected chi connectivity index (χ3v) is 2.05. The smallest absolute Gasteiger partial charge is 0.197 e. The zero-order valence-corrected chi connectivity index (χ0v) is 7.55. The zero-order chi connectivity index (χ0) is 10.1. The molecule has 0 aliphatic carbocycles. The SMILES string of the molecule is Cn1c(N=[N+]=[N-])nc2c(N)cccc21. The minimum atomic E-state index is 0.320. The van der Waals surface area contributed by atoms with Gasteiger partial charge in [-0.25, -0.2) is 4.98 Å². The summed E-state index contributed by atoms with van der Waals surface area (Å²) in [5.41, 5.74) is 16.1. The molecule has 1 heterocycles. The summed E-state index contributed by atoms with van der Waals surface area (Å²) in [6.45, 7) is 0. The maximum atomic E-state index is 8.31. The molecule has 0 aliphatic heterocycles. The van der Waals surface area contributed by atoms with Gasteiger partial charge in [0.05, 0.1) is 11.2 Å². The zero-order valence-electron chi connectivity index (χ0n) is 7.55. The van der Waals surface area contributed by atoms with Crippen LogP contribution >= 0.6 is 0 Å². The molecule has 6 heteroatoms. The molecule has 0 aliphatic rings. The number of nitrogen functional groups attached to an aromatic ring is 1. The number of azide groups is 1. The number of fused-ring (bicyclic) bond motifs is 1. The van der Waals surface area contributed by atoms with Gasteiger partial charge in [0.25, 0.3) is 0 Å². The van der Waals surface area contributed by atoms with Gasteiger partial charge in [-0.05, 0) is 22.8 Å². The van der Waals surface area contributed by atoms with Crippen LogP contribution in [0.25, 0.3) is 21.5 Å². The topological polar surface area (TPSA) is 92.6 Å². The fourth-order valence-electron chi connectivity index (χ4n) is 1.35. The first kappa shape index (κ1) is 8.40. The molecule has 1 aromatic heterocycles. The summed E-state index contributed by atoms with van der Waals surface area (Å²) >= 11 is 0. The molecule has 2 aromatic rings. The van der Waals surface area contributed by atoms with Crippen molar-refractivity contribution in [3.63, 3.8) is 0 Å². The number of hydrogen-bond donors (Lipinski definition) is 1. The summed E-state index contributed by atoms with van der Waals surface area (Å²) in [7, 11) is 1.78. The van der Waals surface area contributed by atoms with Crippen LogP contribution in [0.3, 0.4) is 0 Å². The first-order valence-electron chi connectivity index (χ1n) is 4.00. The van der Waals surface area contributed by atoms with E-state index in [1.807, 2.05) is 12.1 Å². The van der Waals surface area contributed by atoms with Crippen molar-refractivity contribution in [2.45, 2.75) is 0 Å². The predicted octanol–water partition coefficient (Wildman–Crippen LogP) is 2.10. The molecule has 14 heavy (non-hydrogen) atoms. The number of aryl methyl sites for hydroxylation is 1. The molecule has 70 valence electrons. The van der Waals surface area contributed by atoms with E-state index in [9.17, 15) is 0 Å². The molecule has 0 bridgehead atoms. The van der Waals surface area contributed by atoms with E-state index in [0.29, 0.717) is 17.2 Å². The Bertz CT molecular complexity index is 534. The van der Waals surface area contributed by atoms with E-state index in [1.165, 1.54) is 0 Å². The van der Waals surface area contributed by atoms with E-state index >= 15 is 0 Å². The minimum absolute atomic E-state index is 0.320. The van der Waals surface area contributed by atoms with Gasteiger partial charge in [0.2, 0.25) is 0 Å². The van der Waals surface area contributed by atoms with Gasteiger partial charge in [-0.2, -0.15) is 0 Å². The van der Waals surface area contributed by atoms with Gasteiger partial charge in [0.1, 0.15) is 5.52 Å². The fourth-order valence-corrected chi connectivity index (χ4v) is 1.35. The maximum Gasteiger partial charge on any atom is 0.197 e. The number of nitrogens with two attached hydrogens (primary N) is 1. The summed E-state index contributed by atoms with van der Waals surface area (Å²) in [5, 5.41) is 3.46. The van der Waals surface area contributed by atoms with E-state index in [0.717, 1.165) is 5.52 Å². The van der Waals surface area contributed by atoms with Crippen molar-refractivity contribution in [2.75, 3.05) is 5.73 Å². The average molecular weight is 188 g/mol. The molecule has 6 nitrogen and oxygen atoms in total. The maximum absolute atomic E-state index is 8.31. The van der Waals surface area contributed by atoms with E-state index in [4.69, 9.17) is 11.3 Å². The van der Waals surface area contributed by atoms with Crippen molar-refractivity contribution in [2.24, 2.45) is 12.2 Å². The standard InChI is InChI=1S/C8H8N6/c1-14-6-4-2-3-5(9)7(6)11-8(14)12-13-10/h2-4H,9H2,1H3. The number of rotatable bonds is 1. The van der Waals surface area contributed by atoms with Gasteiger partial charge in [-0.15, -0.1) is 0 Å². The Labute approximate surface area is 79.6 Å². The molecule has 0 saturated carbocycles. The summed E-state index contributed by atoms with van der Waals surface area (Å²) in [6, 6.07) is 5.46. The second kappa shape index (κ2) is 2.93. The quantitative estimate of drug-likeness (QED) is 0.321. The van der Waals surface area contributed by atoms with E-state index in [1.54, 1.807) is 17.7 Å². The van der Waals surface area contributed by atoms with Gasteiger partial charge >= 0.3 is 0 Å². The van der Waals surface area contributed by atoms with Crippen molar-refractivity contribution in [3.05, 3.63) is 28.6 Å². The fraction of sp³-hybridized carbons (Fsp3) is 0.125. The lowest BCUT2D eigenvalue weighted by atomic mass is 10.3. The molecule has 0 amide bonds. The molecule has 0 fully saturated rings. The van der Waals surface area contributed by atoms with Gasteiger partial charge < -0.3 is 10.3 Å². The molecule has 0 spiro atoms. The first-order chi connectivity index (χ1) is 6.74. The second-order valence-corrected chi connectivity index (χ2v) is 2.88. The molecule has 2 rings (SSSR count). The Hall–Kier alpha value is -2.20. The van der Waals surface area contributed by atoms with Crippen LogP contribution in [0, 0.1) is 0 Å². The van der Waals surface area contributed by atoms with Crippen molar-refractivity contribution < 1.29 is 0 Å². The van der Waals surface area contributed by atoms with Crippen molar-refractivity contribution in [1.82, 2.24) is 9.55 Å². The third kappa shape index (κ3) is 1.06. The highest BCUT2D eigenvalue weighted by atomic mass is 15.3. The number of anilines is 1. The molecular weight excluding hydrogens is 180 g/mol. The lowest BCUT2D eigenvalue weighted by Gasteiger charge is -1.96. The molecule has 0 radical (unpaired) electrons. The highest BCUT2D eigenvalue weighted by Crippen LogP contribution is 2.24. The van der Waals surface area contributed by atoms with E-state index in [-0.39, 0.29) is 0 Å². The number of hydrogen-bond acceptors (Lipinski definition) is 3. The number of para-hydroxylation sites is 1. The summed E-state index contributed by atoms with van der Waals surface area (Å²) in [5.74, 6) is 0.320. The summed E-state index contributed by atoms with van der Waals surface area (Å²) in [4.78, 5) is 6.81. The molecular formula is C8H8N6. The van der Waals surface area contributed by atoms with Crippen LogP contribution in [0.5, 0.6) is 0 Å². The first-order valence-corrected chi connectivity index (χ1v) is 4.00. The van der Waals surface area contributed by atoms with Crippen LogP contribution in [0.1, 0.15) is 0 Å². The highest BCUT2D eigenvalue weighted by molar-refractivity contribution is 5.88. The van der Waals surface area contributed by atoms with Crippen LogP contribution in [-0.4, -0.2) is 9.55 Å². The molecule has 0 atom stereocenters. The van der Waals surface area contributed by atoms with Gasteiger partial charge in [-0.1, -0.05) is 6.07 Å². The van der Waals surface area contributed by atoms with Crippen LogP contribution in [-0.2, 0) is 7.05 Å². The van der Waals surface area contributed by atoms with E-state index in [2.05, 4.69) is 15.0 Å². The normalized spacial score (nSPS) is 10.1. The Kier molecular flexibility index (Phi) is 1.76. The number of benzene rings is 1. The molecule has 0 unspecified atom stereocenters. The Balaban J connectivity index is 2.85. The molecule has 0 saturated heterocycles. The Morgan fingerprint density at radius 3 is 3.00 bits per heavy atom. The summed E-state index contributed by atoms with van der Waals surface area (Å²) in [6.07, 6.45) is 0. The second-order valence-electron chi connectivity index (χ2n) is 2.88. The third-order valence-electron chi connectivity index (χ3n) is 2.05. The number of aromatic nitrogens is 2. The van der Waals surface area contributed by atoms with Crippen LogP contribution in [0.15, 0.2) is 23.3 Å². The highest BCUT2D eigenvalue weighted by Gasteiger charge is 2.07. The van der Waals surface area contributed by atoms with Crippen LogP contribution in [0.4, 0.5) is 11.6 Å². The Morgan fingerprint density at radius 1 is 1.57 bits per heavy atom. The number of nitrogens with zero attached hydrogens (tertiary/aromatic N) is 5. The lowest BCUT2D eigenvalue weighted by Crippen LogP contribution is -1.87. The van der Waals surface area contributed by atoms with Gasteiger partial charge in [-0.3, -0.25) is 0 Å². The molecule has 2 N–H and O–H groups in total. The molecule has 1 aromatic carbocycles. The van der Waals surface area contributed by atoms with Crippen molar-refractivity contribution in [3.8, 4) is 0 Å². The van der Waals surface area contributed by atoms with Gasteiger partial charge in [0.15, 0.2) is 5.95 Å². The monoisotopic (exact) mass is 188 g/mol. The van der Waals surface area contributed by atoms with Crippen molar-refractivity contribution in [1.29, 1.82) is 0 Å². The van der Waals surface area contributed by atoms with Crippen LogP contribution in [0.2, 0.25) is 0 Å². The predicted molar refractivity (Wildman–Crippen MR) is 53.9 cm³/mol. The largest absolute Gasteiger partial charge is 0.397 e. The summed E-state index contributed by atoms with van der Waals surface area (Å²) < 4.78 is 1.70. The van der Waals surface area contributed by atoms with E-state index < -0.39 is 0 Å². The van der Waals surface area contributed by atoms with Crippen LogP contribution < -0.4 is 5.73 Å². The lowest BCUT2D eigenvalue weighted by molar-refractivity contribution is 0.940. The Morgan fingerprint density at radius 2 is 2.36 bits per heavy atom. The minimum Gasteiger partial charge on any atom is -0.397 e. The average Bonchev–Trinajstić information content (AvgIpc) is 2.48. The van der Waals surface area contributed by atoms with Crippen molar-refractivity contribution >= 4 is 22.7 Å². The number of imidazole rings is 1. The van der Waals surface area contributed by atoms with Gasteiger partial charge in [0, 0.05) is 12.0 Å².